The molecule has 31 heavy (non-hydrogen) atoms. The SMILES string of the molecule is CC1(C)CC2C=CC(c3nnc(-c4ccc(C(F)(F)F)cc4)o3)=CC2=C2C=CC=CN21. The molecule has 0 bridgehead atoms. The van der Waals surface area contributed by atoms with Gasteiger partial charge in [0.15, 0.2) is 0 Å². The number of allylic oxidation sites excluding steroid dienone is 8. The number of rotatable bonds is 2. The fourth-order valence-corrected chi connectivity index (χ4v) is 4.32. The summed E-state index contributed by atoms with van der Waals surface area (Å²) in [5.41, 5.74) is 2.85. The third-order valence-corrected chi connectivity index (χ3v) is 5.88. The number of fused-ring (bicyclic) bond motifs is 2. The van der Waals surface area contributed by atoms with Crippen LogP contribution in [0.2, 0.25) is 0 Å². The summed E-state index contributed by atoms with van der Waals surface area (Å²) >= 11 is 0. The van der Waals surface area contributed by atoms with Crippen molar-refractivity contribution in [3.05, 3.63) is 89.6 Å². The van der Waals surface area contributed by atoms with Gasteiger partial charge in [-0.15, -0.1) is 10.2 Å². The Hall–Kier alpha value is -3.35. The summed E-state index contributed by atoms with van der Waals surface area (Å²) in [6.45, 7) is 4.46. The number of halogens is 3. The van der Waals surface area contributed by atoms with E-state index in [1.54, 1.807) is 0 Å². The van der Waals surface area contributed by atoms with Gasteiger partial charge in [0.25, 0.3) is 0 Å². The number of benzene rings is 1. The topological polar surface area (TPSA) is 42.2 Å². The molecule has 0 N–H and O–H groups in total. The molecule has 3 aliphatic rings. The van der Waals surface area contributed by atoms with Gasteiger partial charge in [0, 0.05) is 34.5 Å². The lowest BCUT2D eigenvalue weighted by atomic mass is 9.76. The van der Waals surface area contributed by atoms with Crippen LogP contribution in [0.25, 0.3) is 17.0 Å². The fraction of sp³-hybridized carbons (Fsp3) is 0.250. The molecular weight excluding hydrogens is 403 g/mol. The van der Waals surface area contributed by atoms with Crippen molar-refractivity contribution in [1.29, 1.82) is 0 Å². The van der Waals surface area contributed by atoms with Gasteiger partial charge in [-0.2, -0.15) is 13.2 Å². The second-order valence-corrected chi connectivity index (χ2v) is 8.48. The molecule has 0 spiro atoms. The van der Waals surface area contributed by atoms with Gasteiger partial charge in [-0.3, -0.25) is 0 Å². The van der Waals surface area contributed by atoms with E-state index in [1.165, 1.54) is 17.7 Å². The second kappa shape index (κ2) is 6.83. The molecular formula is C24H20F3N3O. The highest BCUT2D eigenvalue weighted by Crippen LogP contribution is 2.44. The first-order valence-electron chi connectivity index (χ1n) is 10.0. The van der Waals surface area contributed by atoms with Crippen molar-refractivity contribution in [2.24, 2.45) is 5.92 Å². The summed E-state index contributed by atoms with van der Waals surface area (Å²) in [6.07, 6.45) is 11.1. The van der Waals surface area contributed by atoms with Crippen LogP contribution in [0.15, 0.2) is 82.6 Å². The highest BCUT2D eigenvalue weighted by Gasteiger charge is 2.38. The van der Waals surface area contributed by atoms with Crippen LogP contribution in [0.5, 0.6) is 0 Å². The molecule has 1 unspecified atom stereocenters. The van der Waals surface area contributed by atoms with Gasteiger partial charge in [0.2, 0.25) is 11.8 Å². The van der Waals surface area contributed by atoms with E-state index in [2.05, 4.69) is 53.4 Å². The zero-order chi connectivity index (χ0) is 21.8. The molecule has 1 aromatic carbocycles. The van der Waals surface area contributed by atoms with E-state index in [0.717, 1.165) is 29.8 Å². The maximum atomic E-state index is 12.8. The first-order valence-corrected chi connectivity index (χ1v) is 10.0. The molecule has 0 radical (unpaired) electrons. The molecule has 2 aromatic rings. The summed E-state index contributed by atoms with van der Waals surface area (Å²) < 4.78 is 44.2. The van der Waals surface area contributed by atoms with Gasteiger partial charge in [0.1, 0.15) is 0 Å². The number of nitrogens with zero attached hydrogens (tertiary/aromatic N) is 3. The Labute approximate surface area is 177 Å². The Morgan fingerprint density at radius 3 is 2.52 bits per heavy atom. The molecule has 1 atom stereocenters. The number of alkyl halides is 3. The summed E-state index contributed by atoms with van der Waals surface area (Å²) in [5, 5.41) is 8.17. The lowest BCUT2D eigenvalue weighted by molar-refractivity contribution is -0.137. The zero-order valence-corrected chi connectivity index (χ0v) is 17.0. The summed E-state index contributed by atoms with van der Waals surface area (Å²) in [7, 11) is 0. The average Bonchev–Trinajstić information content (AvgIpc) is 3.23. The minimum Gasteiger partial charge on any atom is -0.416 e. The Kier molecular flexibility index (Phi) is 4.32. The zero-order valence-electron chi connectivity index (χ0n) is 17.0. The van der Waals surface area contributed by atoms with Crippen LogP contribution >= 0.6 is 0 Å². The molecule has 1 aliphatic carbocycles. The maximum Gasteiger partial charge on any atom is 0.416 e. The van der Waals surface area contributed by atoms with E-state index < -0.39 is 11.7 Å². The van der Waals surface area contributed by atoms with Crippen LogP contribution in [0.1, 0.15) is 31.7 Å². The van der Waals surface area contributed by atoms with Crippen molar-refractivity contribution < 1.29 is 17.6 Å². The van der Waals surface area contributed by atoms with Gasteiger partial charge >= 0.3 is 6.18 Å². The van der Waals surface area contributed by atoms with Crippen molar-refractivity contribution >= 4 is 5.57 Å². The third kappa shape index (κ3) is 3.44. The quantitative estimate of drug-likeness (QED) is 0.581. The van der Waals surface area contributed by atoms with Crippen LogP contribution < -0.4 is 0 Å². The molecule has 3 heterocycles. The molecule has 0 saturated carbocycles. The van der Waals surface area contributed by atoms with Crippen molar-refractivity contribution in [3.63, 3.8) is 0 Å². The normalized spacial score (nSPS) is 21.8. The lowest BCUT2D eigenvalue weighted by Crippen LogP contribution is -2.45. The monoisotopic (exact) mass is 423 g/mol. The number of hydrogen-bond acceptors (Lipinski definition) is 4. The highest BCUT2D eigenvalue weighted by molar-refractivity contribution is 5.75. The van der Waals surface area contributed by atoms with E-state index >= 15 is 0 Å². The molecule has 0 amide bonds. The van der Waals surface area contributed by atoms with Gasteiger partial charge in [-0.1, -0.05) is 18.2 Å². The van der Waals surface area contributed by atoms with E-state index in [-0.39, 0.29) is 11.4 Å². The third-order valence-electron chi connectivity index (χ3n) is 5.88. The van der Waals surface area contributed by atoms with E-state index in [1.807, 2.05) is 18.2 Å². The van der Waals surface area contributed by atoms with Crippen molar-refractivity contribution in [1.82, 2.24) is 15.1 Å². The van der Waals surface area contributed by atoms with Crippen molar-refractivity contribution in [2.75, 3.05) is 0 Å². The molecule has 0 saturated heterocycles. The minimum atomic E-state index is -4.38. The van der Waals surface area contributed by atoms with Gasteiger partial charge in [-0.25, -0.2) is 0 Å². The fourth-order valence-electron chi connectivity index (χ4n) is 4.32. The first-order chi connectivity index (χ1) is 14.7. The Balaban J connectivity index is 1.48. The minimum absolute atomic E-state index is 0.000672. The summed E-state index contributed by atoms with van der Waals surface area (Å²) in [4.78, 5) is 2.29. The largest absolute Gasteiger partial charge is 0.416 e. The van der Waals surface area contributed by atoms with Gasteiger partial charge in [0.05, 0.1) is 5.56 Å². The Morgan fingerprint density at radius 2 is 1.77 bits per heavy atom. The highest BCUT2D eigenvalue weighted by atomic mass is 19.4. The number of aromatic nitrogens is 2. The maximum absolute atomic E-state index is 12.8. The van der Waals surface area contributed by atoms with Crippen molar-refractivity contribution in [3.8, 4) is 11.5 Å². The first kappa shape index (κ1) is 19.6. The van der Waals surface area contributed by atoms with Gasteiger partial charge < -0.3 is 9.32 Å². The van der Waals surface area contributed by atoms with Gasteiger partial charge in [-0.05, 0) is 68.3 Å². The standard InChI is InChI=1S/C24H20F3N3O/c1-23(2)14-17-7-6-16(13-19(17)20-5-3-4-12-30(20)23)22-29-28-21(31-22)15-8-10-18(11-9-15)24(25,26)27/h3-13,17H,14H2,1-2H3. The van der Waals surface area contributed by atoms with Crippen LogP contribution in [0.3, 0.4) is 0 Å². The molecule has 5 rings (SSSR count). The molecule has 4 nitrogen and oxygen atoms in total. The molecule has 158 valence electrons. The molecule has 1 aromatic heterocycles. The Morgan fingerprint density at radius 1 is 1.03 bits per heavy atom. The lowest BCUT2D eigenvalue weighted by Gasteiger charge is -2.47. The van der Waals surface area contributed by atoms with E-state index in [0.29, 0.717) is 17.4 Å². The van der Waals surface area contributed by atoms with Crippen LogP contribution in [-0.4, -0.2) is 20.6 Å². The van der Waals surface area contributed by atoms with Crippen molar-refractivity contribution in [2.45, 2.75) is 32.0 Å². The summed E-state index contributed by atoms with van der Waals surface area (Å²) in [5.74, 6) is 0.813. The number of hydrogen-bond donors (Lipinski definition) is 0. The molecule has 2 aliphatic heterocycles. The molecule has 0 fully saturated rings. The Bertz CT molecular complexity index is 1180. The van der Waals surface area contributed by atoms with Crippen LogP contribution in [-0.2, 0) is 6.18 Å². The van der Waals surface area contributed by atoms with E-state index in [9.17, 15) is 13.2 Å². The molecule has 7 heteroatoms. The summed E-state index contributed by atoms with van der Waals surface area (Å²) in [6, 6.07) is 4.70. The predicted molar refractivity (Wildman–Crippen MR) is 111 cm³/mol. The average molecular weight is 423 g/mol. The predicted octanol–water partition coefficient (Wildman–Crippen LogP) is 6.15. The van der Waals surface area contributed by atoms with Crippen LogP contribution in [0.4, 0.5) is 13.2 Å². The second-order valence-electron chi connectivity index (χ2n) is 8.48. The van der Waals surface area contributed by atoms with E-state index in [4.69, 9.17) is 4.42 Å². The smallest absolute Gasteiger partial charge is 0.416 e. The van der Waals surface area contributed by atoms with Crippen LogP contribution in [0, 0.1) is 5.92 Å².